The average Bonchev–Trinajstić information content (AvgIpc) is 3.27. The van der Waals surface area contributed by atoms with Crippen molar-refractivity contribution in [3.63, 3.8) is 0 Å². The van der Waals surface area contributed by atoms with Crippen molar-refractivity contribution in [2.45, 2.75) is 76.6 Å². The normalized spacial score (nSPS) is 14.6. The van der Waals surface area contributed by atoms with Crippen molar-refractivity contribution in [3.05, 3.63) is 63.1 Å². The van der Waals surface area contributed by atoms with Gasteiger partial charge in [-0.05, 0) is 81.0 Å². The number of carboxylic acids is 1. The summed E-state index contributed by atoms with van der Waals surface area (Å²) in [6.45, 7) is 3.48. The number of aliphatic carboxylic acids is 1. The Morgan fingerprint density at radius 2 is 1.70 bits per heavy atom. The zero-order valence-corrected chi connectivity index (χ0v) is 24.0. The molecule has 1 atom stereocenters. The van der Waals surface area contributed by atoms with Gasteiger partial charge in [-0.3, -0.25) is 4.79 Å². The quantitative estimate of drug-likeness (QED) is 0.182. The average molecular weight is 604 g/mol. The molecule has 0 spiro atoms. The largest absolute Gasteiger partial charge is 0.490 e. The third-order valence-electron chi connectivity index (χ3n) is 6.89. The van der Waals surface area contributed by atoms with E-state index in [4.69, 9.17) is 37.8 Å². The topological polar surface area (TPSA) is 84.9 Å². The van der Waals surface area contributed by atoms with Crippen molar-refractivity contribution in [2.75, 3.05) is 13.2 Å². The summed E-state index contributed by atoms with van der Waals surface area (Å²) >= 11 is 12.7. The lowest BCUT2D eigenvalue weighted by Gasteiger charge is -2.31. The number of hydrogen-bond donors (Lipinski definition) is 2. The van der Waals surface area contributed by atoms with Gasteiger partial charge in [0, 0.05) is 18.5 Å². The van der Waals surface area contributed by atoms with E-state index in [0.717, 1.165) is 19.3 Å². The maximum Gasteiger partial charge on any atom is 0.490 e. The molecule has 0 saturated carbocycles. The highest BCUT2D eigenvalue weighted by atomic mass is 35.5. The van der Waals surface area contributed by atoms with Gasteiger partial charge in [-0.15, -0.1) is 0 Å². The molecule has 220 valence electrons. The first kappa shape index (κ1) is 32.0. The van der Waals surface area contributed by atoms with E-state index >= 15 is 0 Å². The number of carboxylic acid groups (broad SMARTS) is 1. The van der Waals surface area contributed by atoms with Crippen LogP contribution in [-0.4, -0.2) is 48.0 Å². The van der Waals surface area contributed by atoms with Crippen LogP contribution in [0.4, 0.5) is 13.2 Å². The lowest BCUT2D eigenvalue weighted by atomic mass is 9.88. The molecule has 2 aromatic rings. The summed E-state index contributed by atoms with van der Waals surface area (Å²) in [5, 5.41) is 12.3. The highest BCUT2D eigenvalue weighted by molar-refractivity contribution is 6.43. The molecule has 40 heavy (non-hydrogen) atoms. The lowest BCUT2D eigenvalue weighted by Crippen LogP contribution is -2.48. The minimum Gasteiger partial charge on any atom is -0.488 e. The summed E-state index contributed by atoms with van der Waals surface area (Å²) in [6.07, 6.45) is -2.13. The van der Waals surface area contributed by atoms with Crippen LogP contribution in [0.1, 0.15) is 56.2 Å². The van der Waals surface area contributed by atoms with Crippen molar-refractivity contribution in [3.8, 4) is 5.75 Å². The lowest BCUT2D eigenvalue weighted by molar-refractivity contribution is -0.205. The van der Waals surface area contributed by atoms with Crippen LogP contribution < -0.4 is 10.1 Å². The van der Waals surface area contributed by atoms with E-state index < -0.39 is 29.8 Å². The number of carbonyl (C=O) groups excluding carboxylic acids is 1. The van der Waals surface area contributed by atoms with Crippen LogP contribution in [0.5, 0.6) is 5.75 Å². The van der Waals surface area contributed by atoms with Gasteiger partial charge in [0.05, 0.1) is 5.02 Å². The van der Waals surface area contributed by atoms with E-state index in [1.165, 1.54) is 11.1 Å². The predicted octanol–water partition coefficient (Wildman–Crippen LogP) is 6.82. The molecule has 0 aromatic heterocycles. The molecule has 6 nitrogen and oxygen atoms in total. The van der Waals surface area contributed by atoms with Crippen LogP contribution in [0, 0.1) is 5.92 Å². The second-order valence-electron chi connectivity index (χ2n) is 10.8. The second kappa shape index (κ2) is 13.9. The Labute approximate surface area is 242 Å². The van der Waals surface area contributed by atoms with Gasteiger partial charge in [-0.1, -0.05) is 53.5 Å². The zero-order chi connectivity index (χ0) is 29.5. The van der Waals surface area contributed by atoms with Crippen molar-refractivity contribution in [2.24, 2.45) is 5.92 Å². The predicted molar refractivity (Wildman–Crippen MR) is 147 cm³/mol. The number of unbranched alkanes of at least 4 members (excludes halogenated alkanes) is 1. The number of esters is 1. The summed E-state index contributed by atoms with van der Waals surface area (Å²) in [4.78, 5) is 22.3. The van der Waals surface area contributed by atoms with Crippen LogP contribution in [0.3, 0.4) is 0 Å². The first-order valence-corrected chi connectivity index (χ1v) is 13.9. The van der Waals surface area contributed by atoms with Gasteiger partial charge in [-0.2, -0.15) is 13.2 Å². The minimum absolute atomic E-state index is 0.0454. The maximum absolute atomic E-state index is 13.0. The first-order chi connectivity index (χ1) is 18.7. The monoisotopic (exact) mass is 603 g/mol. The molecule has 0 bridgehead atoms. The van der Waals surface area contributed by atoms with Gasteiger partial charge in [-0.25, -0.2) is 4.79 Å². The Hall–Kier alpha value is -2.49. The number of rotatable bonds is 14. The Bertz CT molecular complexity index is 1160. The minimum atomic E-state index is -5.15. The van der Waals surface area contributed by atoms with Gasteiger partial charge >= 0.3 is 18.1 Å². The molecule has 0 heterocycles. The number of fused-ring (bicyclic) bond motifs is 1. The van der Waals surface area contributed by atoms with Gasteiger partial charge in [0.2, 0.25) is 0 Å². The van der Waals surface area contributed by atoms with Crippen molar-refractivity contribution >= 4 is 35.1 Å². The molecular formula is C29H34Cl2F3NO5. The molecule has 3 rings (SSSR count). The van der Waals surface area contributed by atoms with Crippen LogP contribution >= 0.6 is 23.2 Å². The number of carbonyl (C=O) groups is 2. The van der Waals surface area contributed by atoms with E-state index in [1.807, 2.05) is 26.0 Å². The van der Waals surface area contributed by atoms with Crippen LogP contribution in [-0.2, 0) is 33.6 Å². The molecule has 1 aliphatic rings. The highest BCUT2D eigenvalue weighted by Crippen LogP contribution is 2.36. The summed E-state index contributed by atoms with van der Waals surface area (Å²) in [5.41, 5.74) is 2.88. The van der Waals surface area contributed by atoms with Crippen LogP contribution in [0.15, 0.2) is 36.4 Å². The number of benzene rings is 2. The van der Waals surface area contributed by atoms with Gasteiger partial charge in [0.25, 0.3) is 0 Å². The molecule has 2 aromatic carbocycles. The Kier molecular flexibility index (Phi) is 11.1. The van der Waals surface area contributed by atoms with Gasteiger partial charge < -0.3 is 19.9 Å². The summed E-state index contributed by atoms with van der Waals surface area (Å²) < 4.78 is 49.3. The Balaban J connectivity index is 1.60. The fourth-order valence-electron chi connectivity index (χ4n) is 4.98. The van der Waals surface area contributed by atoms with E-state index in [0.29, 0.717) is 30.7 Å². The Morgan fingerprint density at radius 3 is 2.30 bits per heavy atom. The molecule has 0 unspecified atom stereocenters. The molecule has 0 radical (unpaired) electrons. The van der Waals surface area contributed by atoms with E-state index in [1.54, 1.807) is 12.1 Å². The molecular weight excluding hydrogens is 570 g/mol. The summed E-state index contributed by atoms with van der Waals surface area (Å²) in [6, 6.07) is 11.5. The standard InChI is InChI=1S/C29H34Cl2F3NO5/c1-28(2,15-18-13-20-8-3-4-9-21(20)14-18)35-16-22(40-27(38)29(32,33)34)17-39-23-12-11-19(25(30)26(23)31)7-5-6-10-24(36)37/h3-4,8-9,11-12,18,22,35H,5-7,10,13-17H2,1-2H3,(H,36,37)/t22-/m1/s1. The third-order valence-corrected chi connectivity index (χ3v) is 7.79. The van der Waals surface area contributed by atoms with Crippen LogP contribution in [0.25, 0.3) is 0 Å². The fourth-order valence-corrected chi connectivity index (χ4v) is 5.47. The summed E-state index contributed by atoms with van der Waals surface area (Å²) in [5.74, 6) is -2.66. The zero-order valence-electron chi connectivity index (χ0n) is 22.5. The smallest absolute Gasteiger partial charge is 0.488 e. The highest BCUT2D eigenvalue weighted by Gasteiger charge is 2.42. The molecule has 0 aliphatic heterocycles. The number of nitrogens with one attached hydrogen (secondary N) is 1. The van der Waals surface area contributed by atoms with E-state index in [-0.39, 0.29) is 35.4 Å². The van der Waals surface area contributed by atoms with E-state index in [9.17, 15) is 22.8 Å². The maximum atomic E-state index is 13.0. The van der Waals surface area contributed by atoms with Gasteiger partial charge in [0.15, 0.2) is 0 Å². The van der Waals surface area contributed by atoms with Gasteiger partial charge in [0.1, 0.15) is 23.5 Å². The van der Waals surface area contributed by atoms with Crippen molar-refractivity contribution in [1.29, 1.82) is 0 Å². The van der Waals surface area contributed by atoms with Crippen molar-refractivity contribution < 1.29 is 37.3 Å². The molecule has 0 fully saturated rings. The van der Waals surface area contributed by atoms with Crippen LogP contribution in [0.2, 0.25) is 10.0 Å². The Morgan fingerprint density at radius 1 is 1.05 bits per heavy atom. The van der Waals surface area contributed by atoms with E-state index in [2.05, 4.69) is 17.4 Å². The number of halogens is 5. The number of hydrogen-bond acceptors (Lipinski definition) is 5. The molecule has 1 aliphatic carbocycles. The SMILES string of the molecule is CC(C)(CC1Cc2ccccc2C1)NC[C@H](COc1ccc(CCCCC(=O)O)c(Cl)c1Cl)OC(=O)C(F)(F)F. The molecule has 0 amide bonds. The number of aryl methyl sites for hydroxylation is 1. The second-order valence-corrected chi connectivity index (χ2v) is 11.6. The number of alkyl halides is 3. The fraction of sp³-hybridized carbons (Fsp3) is 0.517. The molecule has 11 heteroatoms. The first-order valence-electron chi connectivity index (χ1n) is 13.2. The summed E-state index contributed by atoms with van der Waals surface area (Å²) in [7, 11) is 0. The third kappa shape index (κ3) is 9.56. The molecule has 2 N–H and O–H groups in total. The number of ether oxygens (including phenoxy) is 2. The van der Waals surface area contributed by atoms with Crippen molar-refractivity contribution in [1.82, 2.24) is 5.32 Å². The molecule has 0 saturated heterocycles.